The fraction of sp³-hybridized carbons (Fsp3) is 0.846. The first-order valence-corrected chi connectivity index (χ1v) is 7.03. The summed E-state index contributed by atoms with van der Waals surface area (Å²) in [5.41, 5.74) is 0. The summed E-state index contributed by atoms with van der Waals surface area (Å²) in [5.74, 6) is -0.879. The van der Waals surface area contributed by atoms with E-state index in [0.717, 1.165) is 32.1 Å². The van der Waals surface area contributed by atoms with Gasteiger partial charge >= 0.3 is 12.0 Å². The fourth-order valence-corrected chi connectivity index (χ4v) is 2.64. The van der Waals surface area contributed by atoms with E-state index in [0.29, 0.717) is 6.54 Å². The number of nitrogens with zero attached hydrogens (tertiary/aromatic N) is 2. The molecule has 1 unspecified atom stereocenters. The minimum absolute atomic E-state index is 0.0107. The molecule has 1 heterocycles. The van der Waals surface area contributed by atoms with Gasteiger partial charge in [-0.2, -0.15) is 0 Å². The molecule has 1 atom stereocenters. The van der Waals surface area contributed by atoms with Crippen molar-refractivity contribution in [3.8, 4) is 0 Å². The predicted octanol–water partition coefficient (Wildman–Crippen LogP) is 0.892. The van der Waals surface area contributed by atoms with Gasteiger partial charge in [-0.25, -0.2) is 4.79 Å². The lowest BCUT2D eigenvalue weighted by molar-refractivity contribution is -0.137. The maximum atomic E-state index is 12.5. The molecular weight excluding hydrogens is 248 g/mol. The number of carboxylic acid groups (broad SMARTS) is 1. The summed E-state index contributed by atoms with van der Waals surface area (Å²) in [4.78, 5) is 26.6. The Bertz CT molecular complexity index is 344. The monoisotopic (exact) mass is 270 g/mol. The Balaban J connectivity index is 1.98. The van der Waals surface area contributed by atoms with Crippen LogP contribution in [0.4, 0.5) is 4.79 Å². The van der Waals surface area contributed by atoms with E-state index in [1.165, 1.54) is 0 Å². The summed E-state index contributed by atoms with van der Waals surface area (Å²) in [6, 6.07) is 0.00273. The molecule has 6 heteroatoms. The van der Waals surface area contributed by atoms with Gasteiger partial charge in [0.05, 0.1) is 19.1 Å². The molecule has 0 aromatic carbocycles. The van der Waals surface area contributed by atoms with E-state index in [2.05, 4.69) is 0 Å². The number of piperidine rings is 1. The largest absolute Gasteiger partial charge is 0.481 e. The molecular formula is C13H22N2O4. The Morgan fingerprint density at radius 1 is 1.21 bits per heavy atom. The van der Waals surface area contributed by atoms with Crippen molar-refractivity contribution < 1.29 is 19.8 Å². The number of urea groups is 1. The van der Waals surface area contributed by atoms with E-state index >= 15 is 0 Å². The number of carboxylic acids is 1. The molecule has 1 saturated carbocycles. The van der Waals surface area contributed by atoms with Crippen molar-refractivity contribution in [2.24, 2.45) is 0 Å². The van der Waals surface area contributed by atoms with E-state index in [1.54, 1.807) is 9.80 Å². The van der Waals surface area contributed by atoms with E-state index in [9.17, 15) is 14.7 Å². The van der Waals surface area contributed by atoms with Gasteiger partial charge in [0.2, 0.25) is 0 Å². The summed E-state index contributed by atoms with van der Waals surface area (Å²) in [6.07, 6.45) is 4.73. The van der Waals surface area contributed by atoms with Crippen molar-refractivity contribution in [1.82, 2.24) is 9.80 Å². The number of amides is 2. The minimum atomic E-state index is -0.879. The van der Waals surface area contributed by atoms with Gasteiger partial charge in [-0.05, 0) is 32.1 Å². The zero-order chi connectivity index (χ0) is 13.8. The zero-order valence-electron chi connectivity index (χ0n) is 11.1. The van der Waals surface area contributed by atoms with E-state index in [-0.39, 0.29) is 37.7 Å². The molecule has 1 saturated heterocycles. The van der Waals surface area contributed by atoms with Crippen molar-refractivity contribution in [1.29, 1.82) is 0 Å². The molecule has 0 spiro atoms. The second-order valence-corrected chi connectivity index (χ2v) is 5.38. The van der Waals surface area contributed by atoms with Crippen molar-refractivity contribution in [3.63, 3.8) is 0 Å². The SMILES string of the molecule is O=C(O)CCN(C(=O)N1CCCCC1CO)C1CC1. The highest BCUT2D eigenvalue weighted by molar-refractivity contribution is 5.76. The Labute approximate surface area is 113 Å². The maximum absolute atomic E-state index is 12.5. The van der Waals surface area contributed by atoms with E-state index in [4.69, 9.17) is 5.11 Å². The molecule has 2 aliphatic rings. The van der Waals surface area contributed by atoms with Crippen LogP contribution in [0.25, 0.3) is 0 Å². The molecule has 19 heavy (non-hydrogen) atoms. The summed E-state index contributed by atoms with van der Waals surface area (Å²) in [5, 5.41) is 18.1. The van der Waals surface area contributed by atoms with Crippen LogP contribution in [0.1, 0.15) is 38.5 Å². The Morgan fingerprint density at radius 3 is 2.53 bits per heavy atom. The third-order valence-electron chi connectivity index (χ3n) is 3.88. The lowest BCUT2D eigenvalue weighted by Crippen LogP contribution is -2.52. The highest BCUT2D eigenvalue weighted by Crippen LogP contribution is 2.29. The summed E-state index contributed by atoms with van der Waals surface area (Å²) in [6.45, 7) is 0.928. The number of aliphatic hydroxyl groups excluding tert-OH is 1. The van der Waals surface area contributed by atoms with Crippen LogP contribution in [0, 0.1) is 0 Å². The van der Waals surface area contributed by atoms with Gasteiger partial charge in [-0.15, -0.1) is 0 Å². The predicted molar refractivity (Wildman–Crippen MR) is 68.8 cm³/mol. The first-order chi connectivity index (χ1) is 9.13. The number of hydrogen-bond donors (Lipinski definition) is 2. The van der Waals surface area contributed by atoms with Crippen molar-refractivity contribution >= 4 is 12.0 Å². The van der Waals surface area contributed by atoms with Crippen molar-refractivity contribution in [2.45, 2.75) is 50.6 Å². The Morgan fingerprint density at radius 2 is 1.95 bits per heavy atom. The Hall–Kier alpha value is -1.30. The molecule has 0 aromatic heterocycles. The number of rotatable bonds is 5. The number of aliphatic hydroxyl groups is 1. The van der Waals surface area contributed by atoms with Gasteiger partial charge in [0, 0.05) is 19.1 Å². The van der Waals surface area contributed by atoms with Crippen LogP contribution in [-0.2, 0) is 4.79 Å². The topological polar surface area (TPSA) is 81.1 Å². The lowest BCUT2D eigenvalue weighted by atomic mass is 10.0. The van der Waals surface area contributed by atoms with E-state index in [1.807, 2.05) is 0 Å². The quantitative estimate of drug-likeness (QED) is 0.777. The van der Waals surface area contributed by atoms with Crippen LogP contribution in [0.5, 0.6) is 0 Å². The Kier molecular flexibility index (Phi) is 4.63. The van der Waals surface area contributed by atoms with Crippen LogP contribution in [0.3, 0.4) is 0 Å². The number of aliphatic carboxylic acids is 1. The average Bonchev–Trinajstić information content (AvgIpc) is 3.23. The normalized spacial score (nSPS) is 23.2. The van der Waals surface area contributed by atoms with Crippen LogP contribution in [-0.4, -0.2) is 63.8 Å². The summed E-state index contributed by atoms with van der Waals surface area (Å²) in [7, 11) is 0. The molecule has 1 aliphatic heterocycles. The fourth-order valence-electron chi connectivity index (χ4n) is 2.64. The minimum Gasteiger partial charge on any atom is -0.481 e. The number of likely N-dealkylation sites (tertiary alicyclic amines) is 1. The molecule has 0 aromatic rings. The van der Waals surface area contributed by atoms with Crippen LogP contribution in [0.2, 0.25) is 0 Å². The maximum Gasteiger partial charge on any atom is 0.320 e. The smallest absolute Gasteiger partial charge is 0.320 e. The third kappa shape index (κ3) is 3.59. The number of hydrogen-bond acceptors (Lipinski definition) is 3. The van der Waals surface area contributed by atoms with Gasteiger partial charge in [0.15, 0.2) is 0 Å². The third-order valence-corrected chi connectivity index (χ3v) is 3.88. The standard InChI is InChI=1S/C13H22N2O4/c16-9-11-3-1-2-7-14(11)13(19)15(10-4-5-10)8-6-12(17)18/h10-11,16H,1-9H2,(H,17,18). The zero-order valence-corrected chi connectivity index (χ0v) is 11.1. The molecule has 1 aliphatic carbocycles. The molecule has 2 amide bonds. The lowest BCUT2D eigenvalue weighted by Gasteiger charge is -2.38. The van der Waals surface area contributed by atoms with Crippen LogP contribution < -0.4 is 0 Å². The highest BCUT2D eigenvalue weighted by Gasteiger charge is 2.37. The summed E-state index contributed by atoms with van der Waals surface area (Å²) >= 11 is 0. The molecule has 0 bridgehead atoms. The molecule has 108 valence electrons. The van der Waals surface area contributed by atoms with E-state index < -0.39 is 5.97 Å². The first kappa shape index (κ1) is 14.1. The van der Waals surface area contributed by atoms with Crippen LogP contribution in [0.15, 0.2) is 0 Å². The van der Waals surface area contributed by atoms with Gasteiger partial charge in [0.1, 0.15) is 0 Å². The second-order valence-electron chi connectivity index (χ2n) is 5.38. The van der Waals surface area contributed by atoms with Gasteiger partial charge in [0.25, 0.3) is 0 Å². The second kappa shape index (κ2) is 6.23. The van der Waals surface area contributed by atoms with Crippen molar-refractivity contribution in [2.75, 3.05) is 19.7 Å². The summed E-state index contributed by atoms with van der Waals surface area (Å²) < 4.78 is 0. The molecule has 0 radical (unpaired) electrons. The van der Waals surface area contributed by atoms with Crippen molar-refractivity contribution in [3.05, 3.63) is 0 Å². The van der Waals surface area contributed by atoms with Gasteiger partial charge in [-0.3, -0.25) is 4.79 Å². The van der Waals surface area contributed by atoms with Crippen LogP contribution >= 0.6 is 0 Å². The molecule has 2 N–H and O–H groups in total. The van der Waals surface area contributed by atoms with Gasteiger partial charge in [-0.1, -0.05) is 0 Å². The molecule has 2 rings (SSSR count). The number of carbonyl (C=O) groups excluding carboxylic acids is 1. The first-order valence-electron chi connectivity index (χ1n) is 7.03. The molecule has 2 fully saturated rings. The highest BCUT2D eigenvalue weighted by atomic mass is 16.4. The average molecular weight is 270 g/mol. The van der Waals surface area contributed by atoms with Gasteiger partial charge < -0.3 is 20.0 Å². The molecule has 6 nitrogen and oxygen atoms in total. The number of carbonyl (C=O) groups is 2.